The average molecular weight is 292 g/mol. The molecule has 0 aliphatic rings. The van der Waals surface area contributed by atoms with Gasteiger partial charge in [0.1, 0.15) is 0 Å². The maximum Gasteiger partial charge on any atom is 0.336 e. The Hall–Kier alpha value is -1.88. The lowest BCUT2D eigenvalue weighted by molar-refractivity contribution is -0.116. The zero-order valence-electron chi connectivity index (χ0n) is 12.7. The number of carbonyl (C=O) groups excluding carboxylic acids is 1. The number of nitrogens with two attached hydrogens (primary N) is 1. The molecule has 5 nitrogen and oxygen atoms in total. The van der Waals surface area contributed by atoms with Crippen molar-refractivity contribution in [3.63, 3.8) is 0 Å². The van der Waals surface area contributed by atoms with Crippen molar-refractivity contribution in [3.05, 3.63) is 28.8 Å². The quantitative estimate of drug-likeness (QED) is 0.642. The molecule has 0 saturated heterocycles. The summed E-state index contributed by atoms with van der Waals surface area (Å²) < 4.78 is 0. The van der Waals surface area contributed by atoms with Gasteiger partial charge in [0.25, 0.3) is 0 Å². The maximum absolute atomic E-state index is 11.8. The van der Waals surface area contributed by atoms with Gasteiger partial charge in [0.2, 0.25) is 5.91 Å². The summed E-state index contributed by atoms with van der Waals surface area (Å²) in [5.41, 5.74) is 7.76. The van der Waals surface area contributed by atoms with Crippen molar-refractivity contribution >= 4 is 17.6 Å². The smallest absolute Gasteiger partial charge is 0.336 e. The second kappa shape index (κ2) is 8.42. The van der Waals surface area contributed by atoms with Gasteiger partial charge in [0.05, 0.1) is 5.56 Å². The van der Waals surface area contributed by atoms with E-state index in [1.165, 1.54) is 6.07 Å². The van der Waals surface area contributed by atoms with Gasteiger partial charge in [-0.25, -0.2) is 4.79 Å². The number of benzene rings is 1. The number of aryl methyl sites for hydroxylation is 1. The van der Waals surface area contributed by atoms with Crippen LogP contribution < -0.4 is 11.1 Å². The summed E-state index contributed by atoms with van der Waals surface area (Å²) in [5, 5.41) is 11.9. The topological polar surface area (TPSA) is 92.4 Å². The normalized spacial score (nSPS) is 10.4. The minimum atomic E-state index is -0.978. The molecule has 0 bridgehead atoms. The highest BCUT2D eigenvalue weighted by molar-refractivity contribution is 5.95. The first-order valence-electron chi connectivity index (χ1n) is 7.30. The van der Waals surface area contributed by atoms with Gasteiger partial charge < -0.3 is 16.2 Å². The van der Waals surface area contributed by atoms with Crippen LogP contribution >= 0.6 is 0 Å². The van der Waals surface area contributed by atoms with Gasteiger partial charge in [-0.15, -0.1) is 0 Å². The Kier molecular flexibility index (Phi) is 6.88. The molecule has 0 aliphatic carbocycles. The largest absolute Gasteiger partial charge is 0.478 e. The number of hydrogen-bond acceptors (Lipinski definition) is 3. The van der Waals surface area contributed by atoms with Crippen LogP contribution in [0.4, 0.5) is 5.69 Å². The standard InChI is InChI=1S/C16H24N2O3/c1-11-9-13(10-14(12(11)2)16(20)21)18-15(19)7-5-3-4-6-8-17/h9-10H,3-8,17H2,1-2H3,(H,18,19)(H,20,21). The first-order chi connectivity index (χ1) is 9.95. The van der Waals surface area contributed by atoms with Crippen molar-refractivity contribution in [2.75, 3.05) is 11.9 Å². The summed E-state index contributed by atoms with van der Waals surface area (Å²) in [5.74, 6) is -1.06. The van der Waals surface area contributed by atoms with Crippen molar-refractivity contribution in [2.45, 2.75) is 46.0 Å². The van der Waals surface area contributed by atoms with E-state index in [-0.39, 0.29) is 11.5 Å². The molecule has 0 radical (unpaired) electrons. The highest BCUT2D eigenvalue weighted by atomic mass is 16.4. The Bertz CT molecular complexity index is 512. The minimum absolute atomic E-state index is 0.0812. The zero-order chi connectivity index (χ0) is 15.8. The Morgan fingerprint density at radius 3 is 2.43 bits per heavy atom. The molecule has 0 aromatic heterocycles. The number of rotatable bonds is 8. The number of carbonyl (C=O) groups is 2. The molecule has 1 aromatic carbocycles. The number of carboxylic acids is 1. The Labute approximate surface area is 125 Å². The summed E-state index contributed by atoms with van der Waals surface area (Å²) in [7, 11) is 0. The van der Waals surface area contributed by atoms with Gasteiger partial charge in [0.15, 0.2) is 0 Å². The summed E-state index contributed by atoms with van der Waals surface area (Å²) in [6.45, 7) is 4.29. The van der Waals surface area contributed by atoms with Gasteiger partial charge in [-0.1, -0.05) is 12.8 Å². The van der Waals surface area contributed by atoms with Crippen LogP contribution in [0.5, 0.6) is 0 Å². The van der Waals surface area contributed by atoms with Crippen molar-refractivity contribution < 1.29 is 14.7 Å². The van der Waals surface area contributed by atoms with E-state index in [9.17, 15) is 9.59 Å². The molecular formula is C16H24N2O3. The Morgan fingerprint density at radius 1 is 1.14 bits per heavy atom. The lowest BCUT2D eigenvalue weighted by Crippen LogP contribution is -2.13. The number of amides is 1. The number of nitrogens with one attached hydrogen (secondary N) is 1. The highest BCUT2D eigenvalue weighted by Crippen LogP contribution is 2.20. The fourth-order valence-corrected chi connectivity index (χ4v) is 2.16. The summed E-state index contributed by atoms with van der Waals surface area (Å²) in [4.78, 5) is 23.0. The first-order valence-corrected chi connectivity index (χ1v) is 7.30. The predicted molar refractivity (Wildman–Crippen MR) is 83.6 cm³/mol. The molecule has 0 spiro atoms. The van der Waals surface area contributed by atoms with Crippen LogP contribution in [0, 0.1) is 13.8 Å². The van der Waals surface area contributed by atoms with E-state index in [4.69, 9.17) is 10.8 Å². The summed E-state index contributed by atoms with van der Waals surface area (Å²) >= 11 is 0. The van der Waals surface area contributed by atoms with Crippen LogP contribution in [-0.2, 0) is 4.79 Å². The van der Waals surface area contributed by atoms with E-state index >= 15 is 0 Å². The minimum Gasteiger partial charge on any atom is -0.478 e. The Morgan fingerprint density at radius 2 is 1.81 bits per heavy atom. The third kappa shape index (κ3) is 5.55. The third-order valence-electron chi connectivity index (χ3n) is 3.54. The number of carboxylic acid groups (broad SMARTS) is 1. The number of unbranched alkanes of at least 4 members (excludes halogenated alkanes) is 3. The second-order valence-corrected chi connectivity index (χ2v) is 5.27. The van der Waals surface area contributed by atoms with Crippen molar-refractivity contribution in [1.82, 2.24) is 0 Å². The lowest BCUT2D eigenvalue weighted by Gasteiger charge is -2.10. The molecule has 0 fully saturated rings. The first kappa shape index (κ1) is 17.2. The van der Waals surface area contributed by atoms with Crippen LogP contribution in [0.1, 0.15) is 53.6 Å². The van der Waals surface area contributed by atoms with Crippen LogP contribution in [0.25, 0.3) is 0 Å². The molecule has 5 heteroatoms. The molecule has 1 amide bonds. The summed E-state index contributed by atoms with van der Waals surface area (Å²) in [6.07, 6.45) is 4.28. The van der Waals surface area contributed by atoms with Gasteiger partial charge in [-0.3, -0.25) is 4.79 Å². The predicted octanol–water partition coefficient (Wildman–Crippen LogP) is 2.85. The monoisotopic (exact) mass is 292 g/mol. The van der Waals surface area contributed by atoms with E-state index in [1.54, 1.807) is 13.0 Å². The van der Waals surface area contributed by atoms with Crippen LogP contribution in [0.3, 0.4) is 0 Å². The fraction of sp³-hybridized carbons (Fsp3) is 0.500. The molecule has 116 valence electrons. The third-order valence-corrected chi connectivity index (χ3v) is 3.54. The van der Waals surface area contributed by atoms with Crippen LogP contribution in [0.2, 0.25) is 0 Å². The van der Waals surface area contributed by atoms with Crippen LogP contribution in [0.15, 0.2) is 12.1 Å². The zero-order valence-corrected chi connectivity index (χ0v) is 12.7. The molecule has 0 saturated carbocycles. The second-order valence-electron chi connectivity index (χ2n) is 5.27. The van der Waals surface area contributed by atoms with Gasteiger partial charge in [-0.2, -0.15) is 0 Å². The van der Waals surface area contributed by atoms with E-state index in [1.807, 2.05) is 6.92 Å². The molecule has 21 heavy (non-hydrogen) atoms. The van der Waals surface area contributed by atoms with Crippen molar-refractivity contribution in [2.24, 2.45) is 5.73 Å². The molecule has 0 unspecified atom stereocenters. The van der Waals surface area contributed by atoms with E-state index in [0.717, 1.165) is 36.8 Å². The number of hydrogen-bond donors (Lipinski definition) is 3. The number of anilines is 1. The molecule has 1 rings (SSSR count). The molecular weight excluding hydrogens is 268 g/mol. The van der Waals surface area contributed by atoms with Crippen molar-refractivity contribution in [3.8, 4) is 0 Å². The summed E-state index contributed by atoms with van der Waals surface area (Å²) in [6, 6.07) is 3.31. The van der Waals surface area contributed by atoms with Gasteiger partial charge >= 0.3 is 5.97 Å². The van der Waals surface area contributed by atoms with E-state index in [2.05, 4.69) is 5.32 Å². The van der Waals surface area contributed by atoms with Crippen molar-refractivity contribution in [1.29, 1.82) is 0 Å². The van der Waals surface area contributed by atoms with E-state index in [0.29, 0.717) is 18.7 Å². The Balaban J connectivity index is 2.58. The lowest BCUT2D eigenvalue weighted by atomic mass is 10.0. The van der Waals surface area contributed by atoms with Gasteiger partial charge in [0, 0.05) is 12.1 Å². The van der Waals surface area contributed by atoms with E-state index < -0.39 is 5.97 Å². The fourth-order valence-electron chi connectivity index (χ4n) is 2.16. The molecule has 4 N–H and O–H groups in total. The maximum atomic E-state index is 11.8. The highest BCUT2D eigenvalue weighted by Gasteiger charge is 2.12. The molecule has 1 aromatic rings. The SMILES string of the molecule is Cc1cc(NC(=O)CCCCCCN)cc(C(=O)O)c1C. The number of aromatic carboxylic acids is 1. The van der Waals surface area contributed by atoms with Crippen LogP contribution in [-0.4, -0.2) is 23.5 Å². The molecule has 0 atom stereocenters. The molecule has 0 aliphatic heterocycles. The molecule has 0 heterocycles. The van der Waals surface area contributed by atoms with Gasteiger partial charge in [-0.05, 0) is 56.5 Å². The average Bonchev–Trinajstić information content (AvgIpc) is 2.42.